The van der Waals surface area contributed by atoms with E-state index in [1.165, 1.54) is 12.5 Å². The predicted molar refractivity (Wildman–Crippen MR) is 97.0 cm³/mol. The molecule has 1 saturated carbocycles. The van der Waals surface area contributed by atoms with Gasteiger partial charge in [-0.1, -0.05) is 18.6 Å². The summed E-state index contributed by atoms with van der Waals surface area (Å²) in [4.78, 5) is 0. The number of benzene rings is 1. The van der Waals surface area contributed by atoms with Gasteiger partial charge in [0.2, 0.25) is 10.0 Å². The van der Waals surface area contributed by atoms with Gasteiger partial charge in [-0.15, -0.1) is 10.2 Å². The van der Waals surface area contributed by atoms with E-state index in [1.54, 1.807) is 37.4 Å². The molecule has 0 amide bonds. The third-order valence-electron chi connectivity index (χ3n) is 4.77. The van der Waals surface area contributed by atoms with Crippen LogP contribution in [-0.4, -0.2) is 23.0 Å². The smallest absolute Gasteiger partial charge is 0.236 e. The minimum absolute atomic E-state index is 0.292. The Morgan fingerprint density at radius 3 is 2.73 bits per heavy atom. The first-order chi connectivity index (χ1) is 12.4. The molecule has 8 heteroatoms. The largest absolute Gasteiger partial charge is 0.284 e. The highest BCUT2D eigenvalue weighted by Gasteiger charge is 2.24. The van der Waals surface area contributed by atoms with E-state index in [9.17, 15) is 12.8 Å². The summed E-state index contributed by atoms with van der Waals surface area (Å²) in [7, 11) is -3.66. The molecule has 1 fully saturated rings. The van der Waals surface area contributed by atoms with Crippen molar-refractivity contribution in [1.82, 2.24) is 14.6 Å². The average Bonchev–Trinajstić information content (AvgIpc) is 2.92. The van der Waals surface area contributed by atoms with E-state index in [1.807, 2.05) is 4.40 Å². The van der Waals surface area contributed by atoms with Gasteiger partial charge in [-0.3, -0.25) is 9.12 Å². The van der Waals surface area contributed by atoms with Crippen LogP contribution in [0.4, 0.5) is 10.1 Å². The summed E-state index contributed by atoms with van der Waals surface area (Å²) < 4.78 is 42.9. The van der Waals surface area contributed by atoms with Gasteiger partial charge in [-0.2, -0.15) is 0 Å². The number of aryl methyl sites for hydroxylation is 1. The molecule has 0 saturated heterocycles. The van der Waals surface area contributed by atoms with Crippen LogP contribution >= 0.6 is 0 Å². The van der Waals surface area contributed by atoms with Crippen LogP contribution < -0.4 is 4.72 Å². The maximum absolute atomic E-state index is 13.6. The van der Waals surface area contributed by atoms with Gasteiger partial charge in [0.15, 0.2) is 5.65 Å². The maximum atomic E-state index is 13.6. The number of pyridine rings is 1. The summed E-state index contributed by atoms with van der Waals surface area (Å²) >= 11 is 0. The highest BCUT2D eigenvalue weighted by Crippen LogP contribution is 2.35. The predicted octanol–water partition coefficient (Wildman–Crippen LogP) is 3.39. The van der Waals surface area contributed by atoms with Gasteiger partial charge in [0.1, 0.15) is 11.6 Å². The van der Waals surface area contributed by atoms with Crippen molar-refractivity contribution in [2.75, 3.05) is 4.72 Å². The van der Waals surface area contributed by atoms with Crippen molar-refractivity contribution in [2.45, 2.75) is 37.9 Å². The molecule has 0 radical (unpaired) electrons. The summed E-state index contributed by atoms with van der Waals surface area (Å²) in [5, 5.41) is 8.37. The maximum Gasteiger partial charge on any atom is 0.236 e. The molecule has 1 N–H and O–H groups in total. The fourth-order valence-electron chi connectivity index (χ4n) is 3.07. The van der Waals surface area contributed by atoms with E-state index in [0.29, 0.717) is 28.4 Å². The Morgan fingerprint density at radius 1 is 1.23 bits per heavy atom. The molecule has 26 heavy (non-hydrogen) atoms. The van der Waals surface area contributed by atoms with Crippen molar-refractivity contribution < 1.29 is 12.8 Å². The van der Waals surface area contributed by atoms with Crippen LogP contribution in [0.5, 0.6) is 0 Å². The lowest BCUT2D eigenvalue weighted by Gasteiger charge is -2.23. The molecule has 0 spiro atoms. The lowest BCUT2D eigenvalue weighted by atomic mass is 9.85. The zero-order valence-electron chi connectivity index (χ0n) is 14.3. The van der Waals surface area contributed by atoms with Crippen molar-refractivity contribution in [3.05, 3.63) is 59.3 Å². The highest BCUT2D eigenvalue weighted by molar-refractivity contribution is 7.91. The number of hydrogen-bond acceptors (Lipinski definition) is 4. The van der Waals surface area contributed by atoms with E-state index in [-0.39, 0.29) is 5.75 Å². The lowest BCUT2D eigenvalue weighted by Crippen LogP contribution is -2.16. The SMILES string of the molecule is Cc1ccc(CS(=O)(=O)Nc2ccc3nnc(C4CCC4)n3c2)cc1F. The highest BCUT2D eigenvalue weighted by atomic mass is 32.2. The molecule has 1 aliphatic carbocycles. The van der Waals surface area contributed by atoms with Gasteiger partial charge >= 0.3 is 0 Å². The summed E-state index contributed by atoms with van der Waals surface area (Å²) in [5.41, 5.74) is 2.02. The molecule has 1 aromatic carbocycles. The molecule has 1 aliphatic rings. The number of anilines is 1. The summed E-state index contributed by atoms with van der Waals surface area (Å²) in [6.07, 6.45) is 5.04. The first kappa shape index (κ1) is 17.0. The van der Waals surface area contributed by atoms with Gasteiger partial charge in [0.05, 0.1) is 11.4 Å². The molecule has 6 nitrogen and oxygen atoms in total. The molecule has 2 heterocycles. The van der Waals surface area contributed by atoms with E-state index in [2.05, 4.69) is 14.9 Å². The molecule has 136 valence electrons. The second kappa shape index (κ2) is 6.35. The molecule has 3 aromatic rings. The van der Waals surface area contributed by atoms with Crippen LogP contribution in [0.3, 0.4) is 0 Å². The monoisotopic (exact) mass is 374 g/mol. The Balaban J connectivity index is 1.57. The van der Waals surface area contributed by atoms with E-state index < -0.39 is 15.8 Å². The Kier molecular flexibility index (Phi) is 4.14. The number of halogens is 1. The second-order valence-electron chi connectivity index (χ2n) is 6.78. The molecule has 0 bridgehead atoms. The van der Waals surface area contributed by atoms with Crippen LogP contribution in [0.1, 0.15) is 42.1 Å². The second-order valence-corrected chi connectivity index (χ2v) is 8.50. The fourth-order valence-corrected chi connectivity index (χ4v) is 4.25. The Bertz CT molecular complexity index is 1070. The third kappa shape index (κ3) is 3.29. The van der Waals surface area contributed by atoms with Crippen molar-refractivity contribution in [1.29, 1.82) is 0 Å². The zero-order chi connectivity index (χ0) is 18.3. The van der Waals surface area contributed by atoms with Crippen LogP contribution in [0.2, 0.25) is 0 Å². The lowest BCUT2D eigenvalue weighted by molar-refractivity contribution is 0.399. The van der Waals surface area contributed by atoms with Crippen molar-refractivity contribution in [3.63, 3.8) is 0 Å². The van der Waals surface area contributed by atoms with Crippen LogP contribution in [0.25, 0.3) is 5.65 Å². The standard InChI is InChI=1S/C18H19FN4O2S/c1-12-5-6-13(9-16(12)19)11-26(24,25)22-15-7-8-17-20-21-18(23(17)10-15)14-3-2-4-14/h5-10,14,22H,2-4,11H2,1H3. The van der Waals surface area contributed by atoms with Crippen LogP contribution in [-0.2, 0) is 15.8 Å². The topological polar surface area (TPSA) is 76.4 Å². The normalized spacial score (nSPS) is 15.2. The van der Waals surface area contributed by atoms with Crippen molar-refractivity contribution >= 4 is 21.4 Å². The number of fused-ring (bicyclic) bond motifs is 1. The summed E-state index contributed by atoms with van der Waals surface area (Å²) in [6, 6.07) is 7.84. The molecule has 4 rings (SSSR count). The van der Waals surface area contributed by atoms with Gasteiger partial charge in [-0.25, -0.2) is 12.8 Å². The van der Waals surface area contributed by atoms with Gasteiger partial charge in [0, 0.05) is 12.1 Å². The number of nitrogens with one attached hydrogen (secondary N) is 1. The Morgan fingerprint density at radius 2 is 2.04 bits per heavy atom. The van der Waals surface area contributed by atoms with Crippen LogP contribution in [0.15, 0.2) is 36.5 Å². The number of rotatable bonds is 5. The molecular formula is C18H19FN4O2S. The fraction of sp³-hybridized carbons (Fsp3) is 0.333. The van der Waals surface area contributed by atoms with Gasteiger partial charge < -0.3 is 0 Å². The molecule has 0 atom stereocenters. The minimum atomic E-state index is -3.66. The van der Waals surface area contributed by atoms with Gasteiger partial charge in [-0.05, 0) is 49.1 Å². The minimum Gasteiger partial charge on any atom is -0.284 e. The van der Waals surface area contributed by atoms with Crippen molar-refractivity contribution in [3.8, 4) is 0 Å². The first-order valence-electron chi connectivity index (χ1n) is 8.51. The first-order valence-corrected chi connectivity index (χ1v) is 10.2. The molecule has 2 aromatic heterocycles. The number of hydrogen-bond donors (Lipinski definition) is 1. The van der Waals surface area contributed by atoms with Crippen LogP contribution in [0, 0.1) is 12.7 Å². The van der Waals surface area contributed by atoms with E-state index in [4.69, 9.17) is 0 Å². The number of sulfonamides is 1. The number of aromatic nitrogens is 3. The summed E-state index contributed by atoms with van der Waals surface area (Å²) in [5.74, 6) is 0.550. The van der Waals surface area contributed by atoms with E-state index in [0.717, 1.165) is 18.7 Å². The molecule has 0 unspecified atom stereocenters. The zero-order valence-corrected chi connectivity index (χ0v) is 15.1. The summed E-state index contributed by atoms with van der Waals surface area (Å²) in [6.45, 7) is 1.64. The quantitative estimate of drug-likeness (QED) is 0.743. The van der Waals surface area contributed by atoms with Crippen molar-refractivity contribution in [2.24, 2.45) is 0 Å². The Hall–Kier alpha value is -2.48. The van der Waals surface area contributed by atoms with Gasteiger partial charge in [0.25, 0.3) is 0 Å². The Labute approximate surface area is 151 Å². The number of nitrogens with zero attached hydrogens (tertiary/aromatic N) is 3. The molecular weight excluding hydrogens is 355 g/mol. The molecule has 0 aliphatic heterocycles. The van der Waals surface area contributed by atoms with E-state index >= 15 is 0 Å². The third-order valence-corrected chi connectivity index (χ3v) is 6.03. The average molecular weight is 374 g/mol.